The van der Waals surface area contributed by atoms with Crippen molar-refractivity contribution in [2.24, 2.45) is 0 Å². The van der Waals surface area contributed by atoms with Crippen LogP contribution in [-0.4, -0.2) is 10.1 Å². The maximum Gasteiger partial charge on any atom is 0.0859 e. The molecule has 18 heavy (non-hydrogen) atoms. The third kappa shape index (κ3) is 2.73. The van der Waals surface area contributed by atoms with E-state index in [-0.39, 0.29) is 6.61 Å². The zero-order valence-electron chi connectivity index (χ0n) is 8.92. The summed E-state index contributed by atoms with van der Waals surface area (Å²) in [5, 5.41) is 10.9. The van der Waals surface area contributed by atoms with Crippen LogP contribution in [0.4, 0.5) is 0 Å². The molecule has 0 amide bonds. The van der Waals surface area contributed by atoms with Crippen molar-refractivity contribution in [1.29, 1.82) is 0 Å². The van der Waals surface area contributed by atoms with Crippen LogP contribution in [0.5, 0.6) is 0 Å². The standard InChI is InChI=1S/C12H7Cl4NO/c13-6-1-8(12(5-18)17-4-6)7-2-10(15)11(16)3-9(7)14/h1-4,18H,5H2. The fourth-order valence-corrected chi connectivity index (χ4v) is 2.36. The molecule has 2 rings (SSSR count). The van der Waals surface area contributed by atoms with Crippen molar-refractivity contribution in [2.45, 2.75) is 6.61 Å². The lowest BCUT2D eigenvalue weighted by Gasteiger charge is -2.10. The summed E-state index contributed by atoms with van der Waals surface area (Å²) in [6, 6.07) is 4.84. The molecule has 1 N–H and O–H groups in total. The Morgan fingerprint density at radius 3 is 2.22 bits per heavy atom. The van der Waals surface area contributed by atoms with Gasteiger partial charge in [0.05, 0.1) is 32.4 Å². The van der Waals surface area contributed by atoms with Gasteiger partial charge in [0.2, 0.25) is 0 Å². The van der Waals surface area contributed by atoms with Crippen molar-refractivity contribution < 1.29 is 5.11 Å². The molecule has 0 unspecified atom stereocenters. The lowest BCUT2D eigenvalue weighted by Crippen LogP contribution is -1.94. The molecule has 2 aromatic rings. The van der Waals surface area contributed by atoms with Gasteiger partial charge in [0.25, 0.3) is 0 Å². The minimum Gasteiger partial charge on any atom is -0.390 e. The number of halogens is 4. The summed E-state index contributed by atoms with van der Waals surface area (Å²) in [7, 11) is 0. The highest BCUT2D eigenvalue weighted by Crippen LogP contribution is 2.37. The van der Waals surface area contributed by atoms with E-state index in [2.05, 4.69) is 4.98 Å². The molecule has 0 radical (unpaired) electrons. The quantitative estimate of drug-likeness (QED) is 0.801. The summed E-state index contributed by atoms with van der Waals surface area (Å²) in [4.78, 5) is 4.05. The zero-order valence-corrected chi connectivity index (χ0v) is 11.9. The van der Waals surface area contributed by atoms with Crippen LogP contribution in [0.15, 0.2) is 24.4 Å². The molecule has 0 aliphatic rings. The number of hydrogen-bond acceptors (Lipinski definition) is 2. The molecule has 6 heteroatoms. The van der Waals surface area contributed by atoms with Gasteiger partial charge in [-0.1, -0.05) is 46.4 Å². The van der Waals surface area contributed by atoms with Gasteiger partial charge in [-0.2, -0.15) is 0 Å². The second-order valence-electron chi connectivity index (χ2n) is 3.55. The first-order chi connectivity index (χ1) is 8.52. The Balaban J connectivity index is 2.68. The third-order valence-electron chi connectivity index (χ3n) is 2.39. The minimum absolute atomic E-state index is 0.219. The van der Waals surface area contributed by atoms with Crippen LogP contribution in [-0.2, 0) is 6.61 Å². The summed E-state index contributed by atoms with van der Waals surface area (Å²) in [6.07, 6.45) is 1.46. The predicted octanol–water partition coefficient (Wildman–Crippen LogP) is 4.85. The first-order valence-corrected chi connectivity index (χ1v) is 6.44. The van der Waals surface area contributed by atoms with E-state index in [1.807, 2.05) is 0 Å². The van der Waals surface area contributed by atoms with Crippen LogP contribution in [0, 0.1) is 0 Å². The van der Waals surface area contributed by atoms with Crippen LogP contribution in [0.25, 0.3) is 11.1 Å². The molecule has 0 aliphatic carbocycles. The van der Waals surface area contributed by atoms with Crippen molar-refractivity contribution in [3.8, 4) is 11.1 Å². The maximum atomic E-state index is 9.28. The van der Waals surface area contributed by atoms with E-state index in [1.54, 1.807) is 18.2 Å². The summed E-state index contributed by atoms with van der Waals surface area (Å²) in [6.45, 7) is -0.219. The first-order valence-electron chi connectivity index (χ1n) is 4.93. The summed E-state index contributed by atoms with van der Waals surface area (Å²) in [5.74, 6) is 0. The second kappa shape index (κ2) is 5.64. The molecule has 0 fully saturated rings. The van der Waals surface area contributed by atoms with E-state index in [0.717, 1.165) is 0 Å². The van der Waals surface area contributed by atoms with Gasteiger partial charge in [0, 0.05) is 17.3 Å². The van der Waals surface area contributed by atoms with E-state index in [1.165, 1.54) is 6.20 Å². The molecular formula is C12H7Cl4NO. The number of nitrogens with zero attached hydrogens (tertiary/aromatic N) is 1. The number of aliphatic hydroxyl groups excluding tert-OH is 1. The SMILES string of the molecule is OCc1ncc(Cl)cc1-c1cc(Cl)c(Cl)cc1Cl. The van der Waals surface area contributed by atoms with Gasteiger partial charge in [-0.25, -0.2) is 0 Å². The number of aromatic nitrogens is 1. The fraction of sp³-hybridized carbons (Fsp3) is 0.0833. The second-order valence-corrected chi connectivity index (χ2v) is 5.21. The Bertz CT molecular complexity index is 601. The Hall–Kier alpha value is -0.510. The highest BCUT2D eigenvalue weighted by atomic mass is 35.5. The van der Waals surface area contributed by atoms with Gasteiger partial charge in [-0.15, -0.1) is 0 Å². The Labute approximate surface area is 124 Å². The lowest BCUT2D eigenvalue weighted by atomic mass is 10.0. The number of aliphatic hydroxyl groups is 1. The average molecular weight is 323 g/mol. The molecular weight excluding hydrogens is 316 g/mol. The Kier molecular flexibility index (Phi) is 4.36. The smallest absolute Gasteiger partial charge is 0.0859 e. The van der Waals surface area contributed by atoms with E-state index >= 15 is 0 Å². The van der Waals surface area contributed by atoms with Gasteiger partial charge in [-0.3, -0.25) is 4.98 Å². The highest BCUT2D eigenvalue weighted by Gasteiger charge is 2.13. The molecule has 0 aliphatic heterocycles. The van der Waals surface area contributed by atoms with E-state index < -0.39 is 0 Å². The van der Waals surface area contributed by atoms with Crippen molar-refractivity contribution in [3.05, 3.63) is 50.2 Å². The highest BCUT2D eigenvalue weighted by molar-refractivity contribution is 6.44. The Morgan fingerprint density at radius 2 is 1.56 bits per heavy atom. The van der Waals surface area contributed by atoms with Gasteiger partial charge in [-0.05, 0) is 18.2 Å². The number of hydrogen-bond donors (Lipinski definition) is 1. The molecule has 2 nitrogen and oxygen atoms in total. The van der Waals surface area contributed by atoms with E-state index in [4.69, 9.17) is 46.4 Å². The summed E-state index contributed by atoms with van der Waals surface area (Å²) in [5.41, 5.74) is 1.73. The first kappa shape index (κ1) is 13.9. The van der Waals surface area contributed by atoms with Crippen LogP contribution >= 0.6 is 46.4 Å². The molecule has 0 saturated heterocycles. The van der Waals surface area contributed by atoms with Gasteiger partial charge >= 0.3 is 0 Å². The minimum atomic E-state index is -0.219. The topological polar surface area (TPSA) is 33.1 Å². The number of pyridine rings is 1. The van der Waals surface area contributed by atoms with E-state index in [9.17, 15) is 5.11 Å². The van der Waals surface area contributed by atoms with Crippen LogP contribution in [0.1, 0.15) is 5.69 Å². The van der Waals surface area contributed by atoms with Crippen molar-refractivity contribution in [1.82, 2.24) is 4.98 Å². The molecule has 1 aromatic heterocycles. The molecule has 1 aromatic carbocycles. The fourth-order valence-electron chi connectivity index (χ4n) is 1.56. The third-order valence-corrected chi connectivity index (χ3v) is 3.63. The lowest BCUT2D eigenvalue weighted by molar-refractivity contribution is 0.277. The average Bonchev–Trinajstić information content (AvgIpc) is 2.34. The molecule has 0 saturated carbocycles. The monoisotopic (exact) mass is 321 g/mol. The van der Waals surface area contributed by atoms with Gasteiger partial charge < -0.3 is 5.11 Å². The zero-order chi connectivity index (χ0) is 13.3. The summed E-state index contributed by atoms with van der Waals surface area (Å²) >= 11 is 23.9. The predicted molar refractivity (Wildman–Crippen MR) is 75.6 cm³/mol. The van der Waals surface area contributed by atoms with E-state index in [0.29, 0.717) is 36.9 Å². The van der Waals surface area contributed by atoms with Crippen LogP contribution < -0.4 is 0 Å². The van der Waals surface area contributed by atoms with Gasteiger partial charge in [0.1, 0.15) is 0 Å². The molecule has 0 bridgehead atoms. The number of benzene rings is 1. The maximum absolute atomic E-state index is 9.28. The van der Waals surface area contributed by atoms with Crippen LogP contribution in [0.3, 0.4) is 0 Å². The Morgan fingerprint density at radius 1 is 0.889 bits per heavy atom. The molecule has 0 atom stereocenters. The van der Waals surface area contributed by atoms with Crippen LogP contribution in [0.2, 0.25) is 20.1 Å². The summed E-state index contributed by atoms with van der Waals surface area (Å²) < 4.78 is 0. The molecule has 94 valence electrons. The van der Waals surface area contributed by atoms with Crippen molar-refractivity contribution in [2.75, 3.05) is 0 Å². The number of rotatable bonds is 2. The normalized spacial score (nSPS) is 10.7. The largest absolute Gasteiger partial charge is 0.390 e. The molecule has 1 heterocycles. The van der Waals surface area contributed by atoms with Crippen molar-refractivity contribution in [3.63, 3.8) is 0 Å². The molecule has 0 spiro atoms. The van der Waals surface area contributed by atoms with Crippen molar-refractivity contribution >= 4 is 46.4 Å². The van der Waals surface area contributed by atoms with Gasteiger partial charge in [0.15, 0.2) is 0 Å².